The topological polar surface area (TPSA) is 63.1 Å². The average Bonchev–Trinajstić information content (AvgIpc) is 3.26. The van der Waals surface area contributed by atoms with Crippen LogP contribution in [0.3, 0.4) is 0 Å². The van der Waals surface area contributed by atoms with Crippen LogP contribution in [0, 0.1) is 12.8 Å². The van der Waals surface area contributed by atoms with Gasteiger partial charge >= 0.3 is 0 Å². The fraction of sp³-hybridized carbons (Fsp3) is 0.542. The summed E-state index contributed by atoms with van der Waals surface area (Å²) in [5.41, 5.74) is 2.79. The lowest BCUT2D eigenvalue weighted by atomic mass is 9.96. The Morgan fingerprint density at radius 2 is 1.84 bits per heavy atom. The number of hydrogen-bond acceptors (Lipinski definition) is 5. The van der Waals surface area contributed by atoms with Gasteiger partial charge in [0, 0.05) is 24.2 Å². The van der Waals surface area contributed by atoms with Crippen LogP contribution < -0.4 is 10.2 Å². The molecule has 170 valence electrons. The monoisotopic (exact) mass is 471 g/mol. The molecule has 1 N–H and O–H groups in total. The zero-order chi connectivity index (χ0) is 22.1. The van der Waals surface area contributed by atoms with Gasteiger partial charge in [0.25, 0.3) is 0 Å². The van der Waals surface area contributed by atoms with E-state index in [4.69, 9.17) is 21.7 Å². The average molecular weight is 472 g/mol. The van der Waals surface area contributed by atoms with E-state index in [2.05, 4.69) is 10.2 Å². The number of aromatic nitrogens is 3. The Balaban J connectivity index is 1.33. The number of amides is 1. The first-order valence-electron chi connectivity index (χ1n) is 11.8. The number of halogens is 1. The van der Waals surface area contributed by atoms with Crippen LogP contribution >= 0.6 is 22.9 Å². The first-order chi connectivity index (χ1) is 15.6. The van der Waals surface area contributed by atoms with E-state index in [1.54, 1.807) is 11.3 Å². The van der Waals surface area contributed by atoms with E-state index >= 15 is 0 Å². The number of rotatable bonds is 4. The van der Waals surface area contributed by atoms with E-state index in [0.29, 0.717) is 11.1 Å². The molecule has 3 heterocycles. The minimum Gasteiger partial charge on any atom is -0.353 e. The molecule has 1 aliphatic carbocycles. The maximum atomic E-state index is 13.0. The molecule has 2 aromatic heterocycles. The first kappa shape index (κ1) is 21.7. The minimum atomic E-state index is 0.0351. The van der Waals surface area contributed by atoms with Crippen LogP contribution in [0.4, 0.5) is 5.13 Å². The van der Waals surface area contributed by atoms with Crippen molar-refractivity contribution in [3.05, 3.63) is 35.0 Å². The SMILES string of the molecule is Cc1nn(-c2ccc(Cl)cc2)c2nc(N3CCCC(C(=O)NC4CCCCCC4)C3)sc12. The molecule has 8 heteroatoms. The van der Waals surface area contributed by atoms with E-state index in [1.807, 2.05) is 35.9 Å². The molecule has 5 rings (SSSR count). The van der Waals surface area contributed by atoms with Crippen LogP contribution in [0.5, 0.6) is 0 Å². The number of benzene rings is 1. The quantitative estimate of drug-likeness (QED) is 0.510. The van der Waals surface area contributed by atoms with Gasteiger partial charge < -0.3 is 10.2 Å². The summed E-state index contributed by atoms with van der Waals surface area (Å²) in [6, 6.07) is 8.02. The van der Waals surface area contributed by atoms with Crippen LogP contribution in [-0.4, -0.2) is 39.8 Å². The predicted molar refractivity (Wildman–Crippen MR) is 131 cm³/mol. The van der Waals surface area contributed by atoms with E-state index in [0.717, 1.165) is 65.6 Å². The number of nitrogens with zero attached hydrogens (tertiary/aromatic N) is 4. The molecule has 1 aromatic carbocycles. The number of fused-ring (bicyclic) bond motifs is 1. The molecule has 2 aliphatic rings. The standard InChI is InChI=1S/C24H30ClN5OS/c1-16-21-22(30(28-16)20-12-10-18(25)11-13-20)27-24(32-21)29-14-6-7-17(15-29)23(31)26-19-8-4-2-3-5-9-19/h10-13,17,19H,2-9,14-15H2,1H3,(H,26,31). The van der Waals surface area contributed by atoms with Gasteiger partial charge in [0.15, 0.2) is 10.8 Å². The molecule has 1 saturated carbocycles. The zero-order valence-corrected chi connectivity index (χ0v) is 20.1. The molecule has 0 spiro atoms. The maximum absolute atomic E-state index is 13.0. The van der Waals surface area contributed by atoms with Gasteiger partial charge in [-0.1, -0.05) is 48.6 Å². The second kappa shape index (κ2) is 9.40. The maximum Gasteiger partial charge on any atom is 0.225 e. The van der Waals surface area contributed by atoms with Crippen LogP contribution in [-0.2, 0) is 4.79 Å². The molecule has 1 unspecified atom stereocenters. The number of thiazole rings is 1. The lowest BCUT2D eigenvalue weighted by Crippen LogP contribution is -2.46. The van der Waals surface area contributed by atoms with Crippen molar-refractivity contribution in [3.63, 3.8) is 0 Å². The fourth-order valence-corrected chi connectivity index (χ4v) is 6.08. The van der Waals surface area contributed by atoms with Gasteiger partial charge in [0.1, 0.15) is 0 Å². The number of aryl methyl sites for hydroxylation is 1. The number of carbonyl (C=O) groups excluding carboxylic acids is 1. The summed E-state index contributed by atoms with van der Waals surface area (Å²) in [7, 11) is 0. The smallest absolute Gasteiger partial charge is 0.225 e. The second-order valence-corrected chi connectivity index (χ2v) is 10.5. The van der Waals surface area contributed by atoms with E-state index in [-0.39, 0.29) is 11.8 Å². The summed E-state index contributed by atoms with van der Waals surface area (Å²) in [6.07, 6.45) is 9.29. The minimum absolute atomic E-state index is 0.0351. The third-order valence-corrected chi connectivity index (χ3v) is 8.18. The predicted octanol–water partition coefficient (Wildman–Crippen LogP) is 5.50. The van der Waals surface area contributed by atoms with Crippen molar-refractivity contribution >= 4 is 44.3 Å². The largest absolute Gasteiger partial charge is 0.353 e. The van der Waals surface area contributed by atoms with Crippen molar-refractivity contribution in [3.8, 4) is 5.69 Å². The van der Waals surface area contributed by atoms with Gasteiger partial charge in [0.05, 0.1) is 22.0 Å². The molecule has 6 nitrogen and oxygen atoms in total. The summed E-state index contributed by atoms with van der Waals surface area (Å²) in [4.78, 5) is 20.3. The van der Waals surface area contributed by atoms with Crippen molar-refractivity contribution in [2.45, 2.75) is 64.3 Å². The summed E-state index contributed by atoms with van der Waals surface area (Å²) < 4.78 is 2.99. The highest BCUT2D eigenvalue weighted by atomic mass is 35.5. The fourth-order valence-electron chi connectivity index (χ4n) is 4.93. The van der Waals surface area contributed by atoms with Crippen LogP contribution in [0.2, 0.25) is 5.02 Å². The normalized spacial score (nSPS) is 20.4. The summed E-state index contributed by atoms with van der Waals surface area (Å²) in [5, 5.41) is 9.73. The van der Waals surface area contributed by atoms with Gasteiger partial charge in [-0.25, -0.2) is 4.68 Å². The molecule has 3 aromatic rings. The number of carbonyl (C=O) groups is 1. The summed E-state index contributed by atoms with van der Waals surface area (Å²) >= 11 is 7.73. The molecular weight excluding hydrogens is 442 g/mol. The van der Waals surface area contributed by atoms with Crippen molar-refractivity contribution in [1.29, 1.82) is 0 Å². The summed E-state index contributed by atoms with van der Waals surface area (Å²) in [6.45, 7) is 3.70. The van der Waals surface area contributed by atoms with E-state index in [9.17, 15) is 4.79 Å². The van der Waals surface area contributed by atoms with Gasteiger partial charge in [-0.15, -0.1) is 0 Å². The Morgan fingerprint density at radius 3 is 2.59 bits per heavy atom. The molecule has 0 radical (unpaired) electrons. The van der Waals surface area contributed by atoms with Gasteiger partial charge in [-0.05, 0) is 56.9 Å². The highest BCUT2D eigenvalue weighted by Gasteiger charge is 2.29. The van der Waals surface area contributed by atoms with Crippen LogP contribution in [0.1, 0.15) is 57.1 Å². The Hall–Kier alpha value is -2.12. The van der Waals surface area contributed by atoms with Crippen molar-refractivity contribution in [2.24, 2.45) is 5.92 Å². The molecule has 1 amide bonds. The van der Waals surface area contributed by atoms with Crippen LogP contribution in [0.25, 0.3) is 16.0 Å². The molecular formula is C24H30ClN5OS. The van der Waals surface area contributed by atoms with E-state index < -0.39 is 0 Å². The molecule has 1 aliphatic heterocycles. The van der Waals surface area contributed by atoms with Gasteiger partial charge in [-0.3, -0.25) is 4.79 Å². The third-order valence-electron chi connectivity index (χ3n) is 6.71. The second-order valence-electron chi connectivity index (χ2n) is 9.11. The highest BCUT2D eigenvalue weighted by molar-refractivity contribution is 7.22. The lowest BCUT2D eigenvalue weighted by Gasteiger charge is -2.32. The molecule has 1 saturated heterocycles. The van der Waals surface area contributed by atoms with Crippen molar-refractivity contribution in [2.75, 3.05) is 18.0 Å². The highest BCUT2D eigenvalue weighted by Crippen LogP contribution is 2.34. The Kier molecular flexibility index (Phi) is 6.37. The third kappa shape index (κ3) is 4.50. The molecule has 32 heavy (non-hydrogen) atoms. The number of piperidine rings is 1. The van der Waals surface area contributed by atoms with Gasteiger partial charge in [0.2, 0.25) is 5.91 Å². The van der Waals surface area contributed by atoms with Crippen LogP contribution in [0.15, 0.2) is 24.3 Å². The molecule has 2 fully saturated rings. The number of hydrogen-bond donors (Lipinski definition) is 1. The van der Waals surface area contributed by atoms with Crippen molar-refractivity contribution < 1.29 is 4.79 Å². The Morgan fingerprint density at radius 1 is 1.09 bits per heavy atom. The lowest BCUT2D eigenvalue weighted by molar-refractivity contribution is -0.126. The van der Waals surface area contributed by atoms with Crippen molar-refractivity contribution in [1.82, 2.24) is 20.1 Å². The molecule has 0 bridgehead atoms. The first-order valence-corrected chi connectivity index (χ1v) is 13.0. The molecule has 1 atom stereocenters. The van der Waals surface area contributed by atoms with E-state index in [1.165, 1.54) is 25.7 Å². The Labute approximate surface area is 198 Å². The van der Waals surface area contributed by atoms with Gasteiger partial charge in [-0.2, -0.15) is 10.1 Å². The number of nitrogens with one attached hydrogen (secondary N) is 1. The zero-order valence-electron chi connectivity index (χ0n) is 18.5. The Bertz CT molecular complexity index is 1080. The number of anilines is 1. The summed E-state index contributed by atoms with van der Waals surface area (Å²) in [5.74, 6) is 0.263.